The molecule has 0 saturated heterocycles. The summed E-state index contributed by atoms with van der Waals surface area (Å²) in [4.78, 5) is 4.17. The van der Waals surface area contributed by atoms with Gasteiger partial charge in [0.2, 0.25) is 10.0 Å². The van der Waals surface area contributed by atoms with Gasteiger partial charge >= 0.3 is 0 Å². The van der Waals surface area contributed by atoms with E-state index in [2.05, 4.69) is 4.98 Å². The van der Waals surface area contributed by atoms with Crippen molar-refractivity contribution < 1.29 is 13.5 Å². The molecule has 0 amide bonds. The molecule has 1 aromatic rings. The van der Waals surface area contributed by atoms with E-state index in [0.29, 0.717) is 0 Å². The Morgan fingerprint density at radius 1 is 1.60 bits per heavy atom. The third-order valence-corrected chi connectivity index (χ3v) is 4.47. The standard InChI is InChI=1S/C8H14N2O3S2/c1-7-9-8(6-14-7)5-10(2)15(12,13)4-3-11/h6,11H,3-5H2,1-2H3. The molecule has 86 valence electrons. The maximum atomic E-state index is 11.5. The maximum Gasteiger partial charge on any atom is 0.216 e. The van der Waals surface area contributed by atoms with Gasteiger partial charge in [-0.2, -0.15) is 4.31 Å². The fourth-order valence-corrected chi connectivity index (χ4v) is 2.55. The van der Waals surface area contributed by atoms with Gasteiger partial charge in [0.1, 0.15) is 0 Å². The van der Waals surface area contributed by atoms with Gasteiger partial charge in [0.15, 0.2) is 0 Å². The van der Waals surface area contributed by atoms with E-state index in [0.717, 1.165) is 10.7 Å². The SMILES string of the molecule is Cc1nc(CN(C)S(=O)(=O)CCO)cs1. The van der Waals surface area contributed by atoms with Crippen LogP contribution in [-0.2, 0) is 16.6 Å². The maximum absolute atomic E-state index is 11.5. The highest BCUT2D eigenvalue weighted by Gasteiger charge is 2.17. The minimum atomic E-state index is -3.35. The smallest absolute Gasteiger partial charge is 0.216 e. The van der Waals surface area contributed by atoms with Gasteiger partial charge in [-0.1, -0.05) is 0 Å². The lowest BCUT2D eigenvalue weighted by Gasteiger charge is -2.14. The van der Waals surface area contributed by atoms with E-state index < -0.39 is 10.0 Å². The van der Waals surface area contributed by atoms with E-state index >= 15 is 0 Å². The number of rotatable bonds is 5. The van der Waals surface area contributed by atoms with Crippen molar-refractivity contribution in [2.24, 2.45) is 0 Å². The summed E-state index contributed by atoms with van der Waals surface area (Å²) in [5.74, 6) is -0.243. The van der Waals surface area contributed by atoms with E-state index in [9.17, 15) is 8.42 Å². The van der Waals surface area contributed by atoms with Crippen LogP contribution < -0.4 is 0 Å². The topological polar surface area (TPSA) is 70.5 Å². The number of aliphatic hydroxyl groups is 1. The molecule has 0 fully saturated rings. The van der Waals surface area contributed by atoms with Crippen molar-refractivity contribution in [3.63, 3.8) is 0 Å². The molecule has 1 aromatic heterocycles. The molecular formula is C8H14N2O3S2. The molecule has 15 heavy (non-hydrogen) atoms. The summed E-state index contributed by atoms with van der Waals surface area (Å²) in [5, 5.41) is 11.3. The predicted octanol–water partition coefficient (Wildman–Crippen LogP) is 0.205. The molecule has 1 heterocycles. The second kappa shape index (κ2) is 5.02. The van der Waals surface area contributed by atoms with Crippen LogP contribution in [0.15, 0.2) is 5.38 Å². The third-order valence-electron chi connectivity index (χ3n) is 1.88. The molecule has 0 unspecified atom stereocenters. The zero-order chi connectivity index (χ0) is 11.5. The molecule has 0 aliphatic heterocycles. The summed E-state index contributed by atoms with van der Waals surface area (Å²) in [6, 6.07) is 0. The first-order valence-electron chi connectivity index (χ1n) is 4.41. The Bertz CT molecular complexity index is 413. The van der Waals surface area contributed by atoms with Crippen LogP contribution in [0.5, 0.6) is 0 Å². The van der Waals surface area contributed by atoms with Crippen LogP contribution in [0.25, 0.3) is 0 Å². The summed E-state index contributed by atoms with van der Waals surface area (Å²) < 4.78 is 24.2. The van der Waals surface area contributed by atoms with E-state index in [1.54, 1.807) is 0 Å². The second-order valence-corrected chi connectivity index (χ2v) is 6.41. The van der Waals surface area contributed by atoms with Crippen molar-refractivity contribution in [2.75, 3.05) is 19.4 Å². The van der Waals surface area contributed by atoms with Gasteiger partial charge < -0.3 is 5.11 Å². The van der Waals surface area contributed by atoms with E-state index in [1.807, 2.05) is 12.3 Å². The van der Waals surface area contributed by atoms with Gasteiger partial charge in [0.25, 0.3) is 0 Å². The number of sulfonamides is 1. The Balaban J connectivity index is 2.67. The molecule has 0 bridgehead atoms. The lowest BCUT2D eigenvalue weighted by molar-refractivity contribution is 0.315. The van der Waals surface area contributed by atoms with Gasteiger partial charge in [-0.15, -0.1) is 11.3 Å². The number of hydrogen-bond donors (Lipinski definition) is 1. The van der Waals surface area contributed by atoms with Crippen molar-refractivity contribution in [1.29, 1.82) is 0 Å². The van der Waals surface area contributed by atoms with Crippen molar-refractivity contribution in [3.8, 4) is 0 Å². The van der Waals surface area contributed by atoms with E-state index in [-0.39, 0.29) is 18.9 Å². The zero-order valence-corrected chi connectivity index (χ0v) is 10.3. The summed E-state index contributed by atoms with van der Waals surface area (Å²) >= 11 is 1.49. The van der Waals surface area contributed by atoms with Crippen LogP contribution in [0, 0.1) is 6.92 Å². The quantitative estimate of drug-likeness (QED) is 0.810. The average Bonchev–Trinajstić information content (AvgIpc) is 2.51. The van der Waals surface area contributed by atoms with Crippen molar-refractivity contribution >= 4 is 21.4 Å². The van der Waals surface area contributed by atoms with Crippen LogP contribution >= 0.6 is 11.3 Å². The highest BCUT2D eigenvalue weighted by molar-refractivity contribution is 7.89. The number of nitrogens with zero attached hydrogens (tertiary/aromatic N) is 2. The molecule has 1 rings (SSSR count). The minimum absolute atomic E-state index is 0.243. The Hall–Kier alpha value is -0.500. The monoisotopic (exact) mass is 250 g/mol. The predicted molar refractivity (Wildman–Crippen MR) is 59.2 cm³/mol. The number of hydrogen-bond acceptors (Lipinski definition) is 5. The number of thiazole rings is 1. The molecule has 0 radical (unpaired) electrons. The molecule has 0 aliphatic carbocycles. The third kappa shape index (κ3) is 3.53. The summed E-state index contributed by atoms with van der Waals surface area (Å²) in [6.07, 6.45) is 0. The van der Waals surface area contributed by atoms with Crippen molar-refractivity contribution in [1.82, 2.24) is 9.29 Å². The Labute approximate surface area is 93.4 Å². The summed E-state index contributed by atoms with van der Waals surface area (Å²) in [5.41, 5.74) is 0.738. The largest absolute Gasteiger partial charge is 0.395 e. The molecule has 0 spiro atoms. The fourth-order valence-electron chi connectivity index (χ4n) is 1.08. The first-order valence-corrected chi connectivity index (χ1v) is 6.90. The first kappa shape index (κ1) is 12.6. The summed E-state index contributed by atoms with van der Waals surface area (Å²) in [7, 11) is -1.87. The lowest BCUT2D eigenvalue weighted by atomic mass is 10.5. The Morgan fingerprint density at radius 3 is 2.73 bits per heavy atom. The summed E-state index contributed by atoms with van der Waals surface area (Å²) in [6.45, 7) is 1.77. The molecule has 0 aliphatic rings. The normalized spacial score (nSPS) is 12.3. The van der Waals surface area contributed by atoms with Gasteiger partial charge in [-0.3, -0.25) is 0 Å². The van der Waals surface area contributed by atoms with Crippen LogP contribution in [0.2, 0.25) is 0 Å². The Kier molecular flexibility index (Phi) is 4.21. The molecule has 5 nitrogen and oxygen atoms in total. The first-order chi connectivity index (χ1) is 6.95. The number of aromatic nitrogens is 1. The number of aryl methyl sites for hydroxylation is 1. The molecule has 0 atom stereocenters. The van der Waals surface area contributed by atoms with E-state index in [4.69, 9.17) is 5.11 Å². The lowest BCUT2D eigenvalue weighted by Crippen LogP contribution is -2.30. The van der Waals surface area contributed by atoms with Crippen molar-refractivity contribution in [2.45, 2.75) is 13.5 Å². The van der Waals surface area contributed by atoms with Gasteiger partial charge in [-0.25, -0.2) is 13.4 Å². The van der Waals surface area contributed by atoms with Gasteiger partial charge in [0.05, 0.1) is 29.6 Å². The Morgan fingerprint density at radius 2 is 2.27 bits per heavy atom. The van der Waals surface area contributed by atoms with Crippen LogP contribution in [0.1, 0.15) is 10.7 Å². The highest BCUT2D eigenvalue weighted by Crippen LogP contribution is 2.11. The minimum Gasteiger partial charge on any atom is -0.395 e. The van der Waals surface area contributed by atoms with Gasteiger partial charge in [-0.05, 0) is 6.92 Å². The fraction of sp³-hybridized carbons (Fsp3) is 0.625. The highest BCUT2D eigenvalue weighted by atomic mass is 32.2. The number of aliphatic hydroxyl groups excluding tert-OH is 1. The molecule has 1 N–H and O–H groups in total. The molecule has 7 heteroatoms. The van der Waals surface area contributed by atoms with Crippen LogP contribution in [-0.4, -0.2) is 42.2 Å². The average molecular weight is 250 g/mol. The zero-order valence-electron chi connectivity index (χ0n) is 8.67. The molecular weight excluding hydrogens is 236 g/mol. The molecule has 0 aromatic carbocycles. The van der Waals surface area contributed by atoms with Crippen molar-refractivity contribution in [3.05, 3.63) is 16.1 Å². The van der Waals surface area contributed by atoms with Crippen LogP contribution in [0.4, 0.5) is 0 Å². The van der Waals surface area contributed by atoms with Gasteiger partial charge in [0, 0.05) is 12.4 Å². The molecule has 0 saturated carbocycles. The van der Waals surface area contributed by atoms with Crippen LogP contribution in [0.3, 0.4) is 0 Å². The van der Waals surface area contributed by atoms with E-state index in [1.165, 1.54) is 22.7 Å². The second-order valence-electron chi connectivity index (χ2n) is 3.15.